The first-order chi connectivity index (χ1) is 13.1. The minimum atomic E-state index is -0.728. The second kappa shape index (κ2) is 8.01. The molecule has 3 rings (SSSR count). The second-order valence-electron chi connectivity index (χ2n) is 6.00. The van der Waals surface area contributed by atoms with Crippen LogP contribution in [0.5, 0.6) is 5.75 Å². The maximum absolute atomic E-state index is 12.7. The first kappa shape index (κ1) is 18.6. The summed E-state index contributed by atoms with van der Waals surface area (Å²) in [7, 11) is 3.04. The number of hydrogen-bond donors (Lipinski definition) is 1. The lowest BCUT2D eigenvalue weighted by Crippen LogP contribution is -2.32. The molecule has 1 aliphatic heterocycles. The van der Waals surface area contributed by atoms with Gasteiger partial charge < -0.3 is 19.5 Å². The van der Waals surface area contributed by atoms with Crippen LogP contribution in [0.1, 0.15) is 17.2 Å². The number of amides is 1. The van der Waals surface area contributed by atoms with Crippen LogP contribution in [-0.4, -0.2) is 54.1 Å². The average Bonchev–Trinajstić information content (AvgIpc) is 2.97. The van der Waals surface area contributed by atoms with Crippen LogP contribution in [0.25, 0.3) is 5.76 Å². The molecule has 7 nitrogen and oxygen atoms in total. The zero-order chi connectivity index (χ0) is 19.4. The number of ketones is 1. The highest BCUT2D eigenvalue weighted by molar-refractivity contribution is 6.46. The fraction of sp³-hybridized carbons (Fsp3) is 0.250. The molecule has 1 N–H and O–H groups in total. The molecular weight excluding hydrogens is 348 g/mol. The number of carbonyl (C=O) groups excluding carboxylic acids is 2. The number of likely N-dealkylation sites (tertiary alicyclic amines) is 1. The Bertz CT molecular complexity index is 879. The van der Waals surface area contributed by atoms with Crippen molar-refractivity contribution in [3.05, 3.63) is 65.5 Å². The molecular formula is C20H20N2O5. The first-order valence-electron chi connectivity index (χ1n) is 8.40. The highest BCUT2D eigenvalue weighted by atomic mass is 16.5. The van der Waals surface area contributed by atoms with E-state index < -0.39 is 17.7 Å². The van der Waals surface area contributed by atoms with Crippen molar-refractivity contribution in [2.24, 2.45) is 0 Å². The molecule has 0 bridgehead atoms. The maximum Gasteiger partial charge on any atom is 0.295 e. The van der Waals surface area contributed by atoms with Crippen LogP contribution < -0.4 is 4.74 Å². The lowest BCUT2D eigenvalue weighted by atomic mass is 9.96. The molecule has 27 heavy (non-hydrogen) atoms. The fourth-order valence-electron chi connectivity index (χ4n) is 3.12. The minimum absolute atomic E-state index is 0.0376. The van der Waals surface area contributed by atoms with Crippen LogP contribution in [0.15, 0.2) is 54.4 Å². The summed E-state index contributed by atoms with van der Waals surface area (Å²) in [6, 6.07) is 9.43. The van der Waals surface area contributed by atoms with Crippen molar-refractivity contribution in [2.75, 3.05) is 27.4 Å². The van der Waals surface area contributed by atoms with Crippen LogP contribution in [0.4, 0.5) is 0 Å². The molecule has 2 heterocycles. The number of carbonyl (C=O) groups is 2. The lowest BCUT2D eigenvalue weighted by molar-refractivity contribution is -0.140. The van der Waals surface area contributed by atoms with Crippen LogP contribution >= 0.6 is 0 Å². The molecule has 0 radical (unpaired) electrons. The van der Waals surface area contributed by atoms with Gasteiger partial charge in [0.1, 0.15) is 11.5 Å². The predicted molar refractivity (Wildman–Crippen MR) is 98.1 cm³/mol. The van der Waals surface area contributed by atoms with Crippen molar-refractivity contribution in [3.8, 4) is 5.75 Å². The van der Waals surface area contributed by atoms with Gasteiger partial charge in [0, 0.05) is 31.6 Å². The van der Waals surface area contributed by atoms with Crippen molar-refractivity contribution < 1.29 is 24.2 Å². The third-order valence-corrected chi connectivity index (χ3v) is 4.44. The highest BCUT2D eigenvalue weighted by Crippen LogP contribution is 2.39. The summed E-state index contributed by atoms with van der Waals surface area (Å²) in [5, 5.41) is 10.9. The number of benzene rings is 1. The van der Waals surface area contributed by atoms with E-state index >= 15 is 0 Å². The number of hydrogen-bond acceptors (Lipinski definition) is 6. The molecule has 1 aromatic heterocycles. The van der Waals surface area contributed by atoms with E-state index in [0.717, 1.165) is 0 Å². The molecule has 0 aliphatic carbocycles. The lowest BCUT2D eigenvalue weighted by Gasteiger charge is -2.24. The van der Waals surface area contributed by atoms with Gasteiger partial charge in [-0.2, -0.15) is 0 Å². The van der Waals surface area contributed by atoms with E-state index in [1.165, 1.54) is 19.1 Å². The highest BCUT2D eigenvalue weighted by Gasteiger charge is 2.45. The van der Waals surface area contributed by atoms with Crippen LogP contribution in [-0.2, 0) is 14.3 Å². The van der Waals surface area contributed by atoms with Crippen molar-refractivity contribution in [2.45, 2.75) is 6.04 Å². The number of methoxy groups -OCH3 is 2. The van der Waals surface area contributed by atoms with Crippen molar-refractivity contribution in [1.82, 2.24) is 9.88 Å². The normalized spacial score (nSPS) is 18.7. The van der Waals surface area contributed by atoms with E-state index in [1.807, 2.05) is 0 Å². The Balaban J connectivity index is 2.15. The molecule has 0 spiro atoms. The fourth-order valence-corrected chi connectivity index (χ4v) is 3.12. The van der Waals surface area contributed by atoms with Crippen LogP contribution in [0.2, 0.25) is 0 Å². The average molecular weight is 368 g/mol. The van der Waals surface area contributed by atoms with Crippen molar-refractivity contribution >= 4 is 17.4 Å². The van der Waals surface area contributed by atoms with E-state index in [9.17, 15) is 14.7 Å². The summed E-state index contributed by atoms with van der Waals surface area (Å²) in [5.74, 6) is -1.10. The molecule has 2 aromatic rings. The zero-order valence-electron chi connectivity index (χ0n) is 15.1. The van der Waals surface area contributed by atoms with E-state index in [-0.39, 0.29) is 24.5 Å². The number of rotatable bonds is 6. The molecule has 0 saturated carbocycles. The van der Waals surface area contributed by atoms with Gasteiger partial charge >= 0.3 is 0 Å². The largest absolute Gasteiger partial charge is 0.507 e. The smallest absolute Gasteiger partial charge is 0.295 e. The van der Waals surface area contributed by atoms with Gasteiger partial charge in [0.25, 0.3) is 11.7 Å². The van der Waals surface area contributed by atoms with E-state index in [0.29, 0.717) is 16.9 Å². The van der Waals surface area contributed by atoms with Gasteiger partial charge in [-0.1, -0.05) is 12.1 Å². The molecule has 140 valence electrons. The van der Waals surface area contributed by atoms with Gasteiger partial charge in [-0.25, -0.2) is 0 Å². The van der Waals surface area contributed by atoms with Crippen LogP contribution in [0.3, 0.4) is 0 Å². The zero-order valence-corrected chi connectivity index (χ0v) is 15.1. The standard InChI is InChI=1S/C20H20N2O5/c1-26-11-10-22-17(13-6-8-21-9-7-13)16(19(24)20(22)25)18(23)14-4-3-5-15(12-14)27-2/h3-9,12,17,23H,10-11H2,1-2H3. The molecule has 1 atom stereocenters. The Kier molecular flexibility index (Phi) is 5.52. The van der Waals surface area contributed by atoms with Gasteiger partial charge in [0.05, 0.1) is 25.3 Å². The van der Waals surface area contributed by atoms with Gasteiger partial charge in [-0.15, -0.1) is 0 Å². The summed E-state index contributed by atoms with van der Waals surface area (Å²) in [6.07, 6.45) is 3.16. The number of pyridine rings is 1. The summed E-state index contributed by atoms with van der Waals surface area (Å²) in [5.41, 5.74) is 1.12. The molecule has 1 unspecified atom stereocenters. The number of aromatic nitrogens is 1. The van der Waals surface area contributed by atoms with E-state index in [2.05, 4.69) is 4.98 Å². The van der Waals surface area contributed by atoms with E-state index in [1.54, 1.807) is 48.8 Å². The topological polar surface area (TPSA) is 89.0 Å². The Morgan fingerprint density at radius 1 is 1.19 bits per heavy atom. The van der Waals surface area contributed by atoms with Crippen molar-refractivity contribution in [3.63, 3.8) is 0 Å². The molecule has 1 amide bonds. The Morgan fingerprint density at radius 2 is 1.93 bits per heavy atom. The summed E-state index contributed by atoms with van der Waals surface area (Å²) >= 11 is 0. The number of aliphatic hydroxyl groups excluding tert-OH is 1. The summed E-state index contributed by atoms with van der Waals surface area (Å²) < 4.78 is 10.3. The molecule has 1 aliphatic rings. The molecule has 7 heteroatoms. The monoisotopic (exact) mass is 368 g/mol. The Labute approximate surface area is 156 Å². The summed E-state index contributed by atoms with van der Waals surface area (Å²) in [4.78, 5) is 30.7. The number of aliphatic hydroxyl groups is 1. The number of nitrogens with zero attached hydrogens (tertiary/aromatic N) is 2. The quantitative estimate of drug-likeness (QED) is 0.477. The van der Waals surface area contributed by atoms with Gasteiger partial charge in [0.15, 0.2) is 0 Å². The Morgan fingerprint density at radius 3 is 2.59 bits per heavy atom. The minimum Gasteiger partial charge on any atom is -0.507 e. The summed E-state index contributed by atoms with van der Waals surface area (Å²) in [6.45, 7) is 0.497. The maximum atomic E-state index is 12.7. The van der Waals surface area contributed by atoms with Gasteiger partial charge in [0.2, 0.25) is 0 Å². The van der Waals surface area contributed by atoms with Gasteiger partial charge in [-0.3, -0.25) is 14.6 Å². The van der Waals surface area contributed by atoms with Gasteiger partial charge in [-0.05, 0) is 29.8 Å². The predicted octanol–water partition coefficient (Wildman–Crippen LogP) is 2.16. The second-order valence-corrected chi connectivity index (χ2v) is 6.00. The van der Waals surface area contributed by atoms with Crippen molar-refractivity contribution in [1.29, 1.82) is 0 Å². The van der Waals surface area contributed by atoms with E-state index in [4.69, 9.17) is 9.47 Å². The SMILES string of the molecule is COCCN1C(=O)C(=O)C(=C(O)c2cccc(OC)c2)C1c1ccncc1. The third kappa shape index (κ3) is 3.54. The number of Topliss-reactive ketones (excluding diaryl/α,β-unsaturated/α-hetero) is 1. The number of ether oxygens (including phenoxy) is 2. The first-order valence-corrected chi connectivity index (χ1v) is 8.40. The Hall–Kier alpha value is -3.19. The molecule has 1 saturated heterocycles. The molecule has 1 fully saturated rings. The molecule has 1 aromatic carbocycles. The van der Waals surface area contributed by atoms with Crippen LogP contribution in [0, 0.1) is 0 Å². The third-order valence-electron chi connectivity index (χ3n) is 4.44.